The van der Waals surface area contributed by atoms with Crippen LogP contribution in [0.25, 0.3) is 0 Å². The maximum absolute atomic E-state index is 12.2. The molecule has 2 aromatic rings. The number of carboxylic acids is 2. The zero-order valence-corrected chi connectivity index (χ0v) is 11.2. The van der Waals surface area contributed by atoms with Crippen molar-refractivity contribution < 1.29 is 24.6 Å². The maximum atomic E-state index is 12.2. The fraction of sp³-hybridized carbons (Fsp3) is 0. The minimum absolute atomic E-state index is 0.00793. The van der Waals surface area contributed by atoms with Gasteiger partial charge in [-0.1, -0.05) is 6.07 Å². The van der Waals surface area contributed by atoms with E-state index in [0.29, 0.717) is 0 Å². The molecule has 0 bridgehead atoms. The predicted octanol–water partition coefficient (Wildman–Crippen LogP) is 1.92. The Morgan fingerprint density at radius 3 is 2.27 bits per heavy atom. The molecule has 0 saturated carbocycles. The molecule has 0 unspecified atom stereocenters. The number of carbonyl (C=O) groups is 3. The third-order valence-corrected chi connectivity index (χ3v) is 2.89. The Kier molecular flexibility index (Phi) is 4.08. The van der Waals surface area contributed by atoms with Crippen LogP contribution in [-0.4, -0.2) is 28.1 Å². The fourth-order valence-electron chi connectivity index (χ4n) is 1.87. The number of nitrogens with one attached hydrogen (secondary N) is 1. The largest absolute Gasteiger partial charge is 0.478 e. The number of hydrogen-bond donors (Lipinski definition) is 4. The van der Waals surface area contributed by atoms with Crippen molar-refractivity contribution >= 4 is 29.2 Å². The summed E-state index contributed by atoms with van der Waals surface area (Å²) in [5, 5.41) is 20.5. The number of nitrogens with two attached hydrogens (primary N) is 1. The molecular weight excluding hydrogens is 288 g/mol. The molecular formula is C15H12N2O5. The number of nitrogen functional groups attached to an aromatic ring is 1. The van der Waals surface area contributed by atoms with E-state index in [2.05, 4.69) is 5.32 Å². The average Bonchev–Trinajstić information content (AvgIpc) is 2.47. The normalized spacial score (nSPS) is 10.0. The van der Waals surface area contributed by atoms with E-state index < -0.39 is 17.8 Å². The highest BCUT2D eigenvalue weighted by Gasteiger charge is 2.17. The molecule has 0 saturated heterocycles. The standard InChI is InChI=1S/C15H12N2O5/c16-9-4-5-11(12(7-9)15(21)22)13(18)17-10-3-1-2-8(6-10)14(19)20/h1-7H,16H2,(H,17,18)(H,19,20)(H,21,22). The molecule has 2 rings (SSSR count). The van der Waals surface area contributed by atoms with Crippen LogP contribution in [0.3, 0.4) is 0 Å². The Morgan fingerprint density at radius 2 is 1.64 bits per heavy atom. The first-order chi connectivity index (χ1) is 10.4. The smallest absolute Gasteiger partial charge is 0.336 e. The van der Waals surface area contributed by atoms with E-state index >= 15 is 0 Å². The van der Waals surface area contributed by atoms with Crippen LogP contribution in [0.5, 0.6) is 0 Å². The van der Waals surface area contributed by atoms with E-state index in [4.69, 9.17) is 15.9 Å². The van der Waals surface area contributed by atoms with Gasteiger partial charge in [-0.15, -0.1) is 0 Å². The van der Waals surface area contributed by atoms with Crippen molar-refractivity contribution in [2.45, 2.75) is 0 Å². The van der Waals surface area contributed by atoms with Gasteiger partial charge in [0.05, 0.1) is 16.7 Å². The molecule has 2 aromatic carbocycles. The molecule has 0 atom stereocenters. The van der Waals surface area contributed by atoms with Crippen LogP contribution in [0.4, 0.5) is 11.4 Å². The third-order valence-electron chi connectivity index (χ3n) is 2.89. The average molecular weight is 300 g/mol. The van der Waals surface area contributed by atoms with Gasteiger partial charge in [0.2, 0.25) is 0 Å². The first-order valence-corrected chi connectivity index (χ1v) is 6.16. The van der Waals surface area contributed by atoms with Gasteiger partial charge >= 0.3 is 11.9 Å². The summed E-state index contributed by atoms with van der Waals surface area (Å²) >= 11 is 0. The van der Waals surface area contributed by atoms with Gasteiger partial charge in [0.15, 0.2) is 0 Å². The second-order valence-corrected chi connectivity index (χ2v) is 4.45. The summed E-state index contributed by atoms with van der Waals surface area (Å²) in [6.45, 7) is 0. The lowest BCUT2D eigenvalue weighted by molar-refractivity contribution is 0.0685. The van der Waals surface area contributed by atoms with Crippen LogP contribution in [0.2, 0.25) is 0 Å². The molecule has 0 aliphatic rings. The highest BCUT2D eigenvalue weighted by Crippen LogP contribution is 2.17. The Balaban J connectivity index is 2.32. The highest BCUT2D eigenvalue weighted by atomic mass is 16.4. The molecule has 0 radical (unpaired) electrons. The molecule has 0 heterocycles. The molecule has 112 valence electrons. The molecule has 0 aliphatic carbocycles. The van der Waals surface area contributed by atoms with Crippen LogP contribution in [-0.2, 0) is 0 Å². The topological polar surface area (TPSA) is 130 Å². The molecule has 0 aromatic heterocycles. The van der Waals surface area contributed by atoms with Crippen molar-refractivity contribution in [3.63, 3.8) is 0 Å². The van der Waals surface area contributed by atoms with E-state index in [9.17, 15) is 14.4 Å². The lowest BCUT2D eigenvalue weighted by atomic mass is 10.1. The SMILES string of the molecule is Nc1ccc(C(=O)Nc2cccc(C(=O)O)c2)c(C(=O)O)c1. The van der Waals surface area contributed by atoms with Crippen molar-refractivity contribution in [3.05, 3.63) is 59.2 Å². The number of rotatable bonds is 4. The molecule has 0 fully saturated rings. The molecule has 22 heavy (non-hydrogen) atoms. The van der Waals surface area contributed by atoms with Gasteiger partial charge in [0, 0.05) is 11.4 Å². The summed E-state index contributed by atoms with van der Waals surface area (Å²) in [6.07, 6.45) is 0. The number of aromatic carboxylic acids is 2. The molecule has 0 aliphatic heterocycles. The molecule has 7 heteroatoms. The third kappa shape index (κ3) is 3.21. The van der Waals surface area contributed by atoms with E-state index in [1.807, 2.05) is 0 Å². The van der Waals surface area contributed by atoms with E-state index in [-0.39, 0.29) is 28.1 Å². The van der Waals surface area contributed by atoms with Crippen LogP contribution in [0.1, 0.15) is 31.1 Å². The maximum Gasteiger partial charge on any atom is 0.336 e. The quantitative estimate of drug-likeness (QED) is 0.638. The first-order valence-electron chi connectivity index (χ1n) is 6.16. The summed E-state index contributed by atoms with van der Waals surface area (Å²) < 4.78 is 0. The number of hydrogen-bond acceptors (Lipinski definition) is 4. The fourth-order valence-corrected chi connectivity index (χ4v) is 1.87. The number of amides is 1. The molecule has 0 spiro atoms. The van der Waals surface area contributed by atoms with Gasteiger partial charge < -0.3 is 21.3 Å². The molecule has 1 amide bonds. The van der Waals surface area contributed by atoms with E-state index in [1.165, 1.54) is 42.5 Å². The molecule has 7 nitrogen and oxygen atoms in total. The summed E-state index contributed by atoms with van der Waals surface area (Å²) in [6, 6.07) is 9.53. The number of benzene rings is 2. The van der Waals surface area contributed by atoms with Crippen LogP contribution in [0.15, 0.2) is 42.5 Å². The summed E-state index contributed by atoms with van der Waals surface area (Å²) in [5.74, 6) is -3.08. The monoisotopic (exact) mass is 300 g/mol. The second-order valence-electron chi connectivity index (χ2n) is 4.45. The van der Waals surface area contributed by atoms with Crippen molar-refractivity contribution in [1.29, 1.82) is 0 Å². The Morgan fingerprint density at radius 1 is 0.909 bits per heavy atom. The van der Waals surface area contributed by atoms with Gasteiger partial charge in [-0.25, -0.2) is 9.59 Å². The summed E-state index contributed by atoms with van der Waals surface area (Å²) in [7, 11) is 0. The van der Waals surface area contributed by atoms with E-state index in [0.717, 1.165) is 0 Å². The Hall–Kier alpha value is -3.35. The predicted molar refractivity (Wildman–Crippen MR) is 79.2 cm³/mol. The zero-order valence-electron chi connectivity index (χ0n) is 11.2. The number of carboxylic acid groups (broad SMARTS) is 2. The van der Waals surface area contributed by atoms with Gasteiger partial charge in [-0.3, -0.25) is 4.79 Å². The van der Waals surface area contributed by atoms with Crippen molar-refractivity contribution in [2.75, 3.05) is 11.1 Å². The Bertz CT molecular complexity index is 770. The first kappa shape index (κ1) is 15.0. The minimum atomic E-state index is -1.28. The van der Waals surface area contributed by atoms with Gasteiger partial charge in [-0.2, -0.15) is 0 Å². The van der Waals surface area contributed by atoms with Crippen LogP contribution in [0, 0.1) is 0 Å². The lowest BCUT2D eigenvalue weighted by Gasteiger charge is -2.09. The van der Waals surface area contributed by atoms with Crippen LogP contribution < -0.4 is 11.1 Å². The van der Waals surface area contributed by atoms with Crippen molar-refractivity contribution in [2.24, 2.45) is 0 Å². The second kappa shape index (κ2) is 5.96. The van der Waals surface area contributed by atoms with Crippen molar-refractivity contribution in [3.8, 4) is 0 Å². The number of anilines is 2. The summed E-state index contributed by atoms with van der Waals surface area (Å²) in [5.41, 5.74) is 5.69. The minimum Gasteiger partial charge on any atom is -0.478 e. The Labute approximate surface area is 125 Å². The number of carbonyl (C=O) groups excluding carboxylic acids is 1. The highest BCUT2D eigenvalue weighted by molar-refractivity contribution is 6.11. The van der Waals surface area contributed by atoms with Gasteiger partial charge in [0.1, 0.15) is 0 Å². The zero-order chi connectivity index (χ0) is 16.3. The van der Waals surface area contributed by atoms with Gasteiger partial charge in [0.25, 0.3) is 5.91 Å². The van der Waals surface area contributed by atoms with Crippen molar-refractivity contribution in [1.82, 2.24) is 0 Å². The van der Waals surface area contributed by atoms with Crippen LogP contribution >= 0.6 is 0 Å². The van der Waals surface area contributed by atoms with E-state index in [1.54, 1.807) is 0 Å². The lowest BCUT2D eigenvalue weighted by Crippen LogP contribution is -2.17. The molecule has 5 N–H and O–H groups in total. The summed E-state index contributed by atoms with van der Waals surface area (Å²) in [4.78, 5) is 34.2. The van der Waals surface area contributed by atoms with Gasteiger partial charge in [-0.05, 0) is 36.4 Å².